The van der Waals surface area contributed by atoms with Gasteiger partial charge in [-0.2, -0.15) is 5.10 Å². The molecule has 0 N–H and O–H groups in total. The molecular weight excluding hydrogens is 382 g/mol. The van der Waals surface area contributed by atoms with Crippen molar-refractivity contribution in [2.45, 2.75) is 31.7 Å². The molecule has 0 bridgehead atoms. The van der Waals surface area contributed by atoms with Gasteiger partial charge >= 0.3 is 0 Å². The van der Waals surface area contributed by atoms with Crippen molar-refractivity contribution in [3.05, 3.63) is 77.1 Å². The summed E-state index contributed by atoms with van der Waals surface area (Å²) in [5, 5.41) is 10.5. The van der Waals surface area contributed by atoms with Gasteiger partial charge < -0.3 is 4.74 Å². The predicted octanol–water partition coefficient (Wildman–Crippen LogP) is 5.03. The predicted molar refractivity (Wildman–Crippen MR) is 126 cm³/mol. The fraction of sp³-hybridized carbons (Fsp3) is 0.370. The molecule has 4 heteroatoms. The molecule has 1 saturated heterocycles. The Morgan fingerprint density at radius 1 is 0.968 bits per heavy atom. The molecular formula is C27H29N3O. The van der Waals surface area contributed by atoms with Crippen molar-refractivity contribution in [2.24, 2.45) is 7.05 Å². The van der Waals surface area contributed by atoms with E-state index >= 15 is 0 Å². The van der Waals surface area contributed by atoms with E-state index in [1.807, 2.05) is 0 Å². The Bertz CT molecular complexity index is 1250. The molecule has 0 radical (unpaired) electrons. The second-order valence-corrected chi connectivity index (χ2v) is 9.03. The van der Waals surface area contributed by atoms with Crippen LogP contribution < -0.4 is 0 Å². The van der Waals surface area contributed by atoms with Crippen molar-refractivity contribution in [1.82, 2.24) is 14.7 Å². The number of aryl methyl sites for hydroxylation is 2. The van der Waals surface area contributed by atoms with E-state index in [4.69, 9.17) is 9.84 Å². The number of nitrogens with zero attached hydrogens (tertiary/aromatic N) is 3. The van der Waals surface area contributed by atoms with E-state index in [9.17, 15) is 0 Å². The van der Waals surface area contributed by atoms with Gasteiger partial charge in [0.2, 0.25) is 0 Å². The van der Waals surface area contributed by atoms with Gasteiger partial charge in [-0.15, -0.1) is 0 Å². The molecule has 1 aliphatic heterocycles. The zero-order valence-electron chi connectivity index (χ0n) is 18.2. The maximum atomic E-state index is 5.50. The number of morpholine rings is 1. The zero-order valence-corrected chi connectivity index (χ0v) is 18.2. The number of hydrogen-bond acceptors (Lipinski definition) is 3. The van der Waals surface area contributed by atoms with E-state index in [1.165, 1.54) is 56.9 Å². The highest BCUT2D eigenvalue weighted by atomic mass is 16.5. The highest BCUT2D eigenvalue weighted by Gasteiger charge is 2.26. The first-order valence-corrected chi connectivity index (χ1v) is 11.5. The molecule has 4 nitrogen and oxygen atoms in total. The summed E-state index contributed by atoms with van der Waals surface area (Å²) in [5.74, 6) is 0.393. The summed E-state index contributed by atoms with van der Waals surface area (Å²) < 4.78 is 7.60. The fourth-order valence-electron chi connectivity index (χ4n) is 5.56. The molecule has 0 amide bonds. The van der Waals surface area contributed by atoms with Gasteiger partial charge in [0.15, 0.2) is 0 Å². The minimum Gasteiger partial charge on any atom is -0.379 e. The molecule has 2 heterocycles. The largest absolute Gasteiger partial charge is 0.379 e. The van der Waals surface area contributed by atoms with Crippen LogP contribution in [0.15, 0.2) is 54.6 Å². The Hall–Kier alpha value is -2.69. The Labute approximate surface area is 183 Å². The summed E-state index contributed by atoms with van der Waals surface area (Å²) in [4.78, 5) is 2.47. The standard InChI is InChI=1S/C27H29N3O/c1-29-20(18-30-13-15-31-16-14-30)17-27(28-29)26-8-4-7-22-24-10-9-19-5-2-3-6-21(19)23(24)11-12-25(22)26/h2-3,5-6,9-12,17,26H,4,7-8,13-16,18H2,1H3. The van der Waals surface area contributed by atoms with Crippen LogP contribution in [0.1, 0.15) is 41.3 Å². The molecule has 1 atom stereocenters. The van der Waals surface area contributed by atoms with E-state index in [-0.39, 0.29) is 0 Å². The van der Waals surface area contributed by atoms with E-state index in [1.54, 1.807) is 0 Å². The second kappa shape index (κ2) is 7.77. The molecule has 31 heavy (non-hydrogen) atoms. The van der Waals surface area contributed by atoms with Crippen LogP contribution in [0.3, 0.4) is 0 Å². The first-order valence-electron chi connectivity index (χ1n) is 11.5. The van der Waals surface area contributed by atoms with Crippen molar-refractivity contribution >= 4 is 21.5 Å². The van der Waals surface area contributed by atoms with Crippen molar-refractivity contribution in [3.63, 3.8) is 0 Å². The van der Waals surface area contributed by atoms with Crippen LogP contribution in [0.25, 0.3) is 21.5 Å². The highest BCUT2D eigenvalue weighted by Crippen LogP contribution is 2.41. The minimum absolute atomic E-state index is 0.393. The maximum Gasteiger partial charge on any atom is 0.0702 e. The smallest absolute Gasteiger partial charge is 0.0702 e. The molecule has 0 spiro atoms. The van der Waals surface area contributed by atoms with Gasteiger partial charge in [0.05, 0.1) is 24.6 Å². The van der Waals surface area contributed by atoms with E-state index < -0.39 is 0 Å². The Balaban J connectivity index is 1.38. The van der Waals surface area contributed by atoms with Crippen molar-refractivity contribution in [3.8, 4) is 0 Å². The van der Waals surface area contributed by atoms with Crippen LogP contribution >= 0.6 is 0 Å². The summed E-state index contributed by atoms with van der Waals surface area (Å²) in [6, 6.07) is 20.4. The van der Waals surface area contributed by atoms with Crippen molar-refractivity contribution in [2.75, 3.05) is 26.3 Å². The number of aromatic nitrogens is 2. The van der Waals surface area contributed by atoms with Gasteiger partial charge in [-0.05, 0) is 58.0 Å². The molecule has 0 saturated carbocycles. The lowest BCUT2D eigenvalue weighted by molar-refractivity contribution is 0.0331. The summed E-state index contributed by atoms with van der Waals surface area (Å²) in [5.41, 5.74) is 5.53. The first kappa shape index (κ1) is 19.0. The lowest BCUT2D eigenvalue weighted by atomic mass is 9.78. The van der Waals surface area contributed by atoms with Gasteiger partial charge in [0.1, 0.15) is 0 Å². The van der Waals surface area contributed by atoms with Gasteiger partial charge in [0.25, 0.3) is 0 Å². The van der Waals surface area contributed by atoms with Gasteiger partial charge in [-0.3, -0.25) is 9.58 Å². The molecule has 3 aromatic carbocycles. The minimum atomic E-state index is 0.393. The summed E-state index contributed by atoms with van der Waals surface area (Å²) in [6.07, 6.45) is 3.56. The average Bonchev–Trinajstić information content (AvgIpc) is 3.18. The molecule has 2 aliphatic rings. The number of fused-ring (bicyclic) bond motifs is 5. The Morgan fingerprint density at radius 2 is 1.81 bits per heavy atom. The molecule has 1 aromatic heterocycles. The molecule has 6 rings (SSSR count). The average molecular weight is 412 g/mol. The maximum absolute atomic E-state index is 5.50. The number of ether oxygens (including phenoxy) is 1. The van der Waals surface area contributed by atoms with Crippen LogP contribution in [0.2, 0.25) is 0 Å². The van der Waals surface area contributed by atoms with Gasteiger partial charge in [0, 0.05) is 32.6 Å². The number of rotatable bonds is 3. The summed E-state index contributed by atoms with van der Waals surface area (Å²) in [6.45, 7) is 4.64. The highest BCUT2D eigenvalue weighted by molar-refractivity contribution is 6.08. The van der Waals surface area contributed by atoms with Crippen molar-refractivity contribution < 1.29 is 4.74 Å². The van der Waals surface area contributed by atoms with E-state index in [2.05, 4.69) is 71.2 Å². The van der Waals surface area contributed by atoms with E-state index in [0.29, 0.717) is 5.92 Å². The summed E-state index contributed by atoms with van der Waals surface area (Å²) >= 11 is 0. The van der Waals surface area contributed by atoms with Gasteiger partial charge in [-0.1, -0.05) is 48.5 Å². The van der Waals surface area contributed by atoms with E-state index in [0.717, 1.165) is 39.3 Å². The Kier molecular flexibility index (Phi) is 4.77. The van der Waals surface area contributed by atoms with Crippen LogP contribution in [0, 0.1) is 0 Å². The molecule has 1 unspecified atom stereocenters. The number of hydrogen-bond donors (Lipinski definition) is 0. The Morgan fingerprint density at radius 3 is 2.71 bits per heavy atom. The van der Waals surface area contributed by atoms with Gasteiger partial charge in [-0.25, -0.2) is 0 Å². The quantitative estimate of drug-likeness (QED) is 0.443. The second-order valence-electron chi connectivity index (χ2n) is 9.03. The molecule has 4 aromatic rings. The van der Waals surface area contributed by atoms with Crippen LogP contribution in [0.5, 0.6) is 0 Å². The fourth-order valence-corrected chi connectivity index (χ4v) is 5.56. The third kappa shape index (κ3) is 3.35. The lowest BCUT2D eigenvalue weighted by Crippen LogP contribution is -2.36. The van der Waals surface area contributed by atoms with Crippen LogP contribution in [-0.4, -0.2) is 41.0 Å². The number of benzene rings is 3. The monoisotopic (exact) mass is 411 g/mol. The zero-order chi connectivity index (χ0) is 20.8. The third-order valence-corrected chi connectivity index (χ3v) is 7.21. The lowest BCUT2D eigenvalue weighted by Gasteiger charge is -2.26. The SMILES string of the molecule is Cn1nc(C2CCCc3c2ccc2c3ccc3ccccc32)cc1CN1CCOCC1. The summed E-state index contributed by atoms with van der Waals surface area (Å²) in [7, 11) is 2.09. The topological polar surface area (TPSA) is 30.3 Å². The van der Waals surface area contributed by atoms with Crippen molar-refractivity contribution in [1.29, 1.82) is 0 Å². The molecule has 158 valence electrons. The van der Waals surface area contributed by atoms with Crippen LogP contribution in [-0.2, 0) is 24.8 Å². The normalized spacial score (nSPS) is 19.7. The van der Waals surface area contributed by atoms with Crippen LogP contribution in [0.4, 0.5) is 0 Å². The molecule has 1 fully saturated rings. The third-order valence-electron chi connectivity index (χ3n) is 7.21. The molecule has 1 aliphatic carbocycles. The first-order chi connectivity index (χ1) is 15.3.